The van der Waals surface area contributed by atoms with Gasteiger partial charge in [0.15, 0.2) is 11.0 Å². The summed E-state index contributed by atoms with van der Waals surface area (Å²) in [5.41, 5.74) is 8.94. The topological polar surface area (TPSA) is 68.2 Å². The van der Waals surface area contributed by atoms with Crippen molar-refractivity contribution >= 4 is 22.4 Å². The zero-order valence-electron chi connectivity index (χ0n) is 9.89. The Morgan fingerprint density at radius 3 is 2.71 bits per heavy atom. The molecule has 1 aromatic heterocycles. The molecule has 90 valence electrons. The normalized spacial score (nSPS) is 16.8. The summed E-state index contributed by atoms with van der Waals surface area (Å²) in [4.78, 5) is 2.28. The van der Waals surface area contributed by atoms with Crippen molar-refractivity contribution < 1.29 is 4.63 Å². The zero-order chi connectivity index (χ0) is 11.8. The summed E-state index contributed by atoms with van der Waals surface area (Å²) >= 11 is 0. The lowest BCUT2D eigenvalue weighted by Crippen LogP contribution is -2.28. The Morgan fingerprint density at radius 2 is 1.94 bits per heavy atom. The molecule has 1 aliphatic carbocycles. The summed E-state index contributed by atoms with van der Waals surface area (Å²) in [5.74, 6) is 0. The lowest BCUT2D eigenvalue weighted by atomic mass is 10.1. The molecule has 0 radical (unpaired) electrons. The first kappa shape index (κ1) is 10.4. The number of nitrogens with zero attached hydrogens (tertiary/aromatic N) is 3. The molecular weight excluding hydrogens is 216 g/mol. The van der Waals surface area contributed by atoms with E-state index in [1.165, 1.54) is 25.7 Å². The van der Waals surface area contributed by atoms with Crippen LogP contribution in [0.1, 0.15) is 25.7 Å². The van der Waals surface area contributed by atoms with Crippen LogP contribution in [-0.4, -0.2) is 23.4 Å². The zero-order valence-corrected chi connectivity index (χ0v) is 9.89. The highest BCUT2D eigenvalue weighted by Gasteiger charge is 2.22. The van der Waals surface area contributed by atoms with Crippen LogP contribution < -0.4 is 10.6 Å². The van der Waals surface area contributed by atoms with E-state index in [1.807, 2.05) is 12.1 Å². The maximum absolute atomic E-state index is 5.84. The molecule has 0 bridgehead atoms. The minimum absolute atomic E-state index is 0.596. The van der Waals surface area contributed by atoms with Gasteiger partial charge >= 0.3 is 0 Å². The first-order valence-electron chi connectivity index (χ1n) is 6.01. The third-order valence-corrected chi connectivity index (χ3v) is 3.68. The summed E-state index contributed by atoms with van der Waals surface area (Å²) < 4.78 is 4.79. The van der Waals surface area contributed by atoms with Crippen LogP contribution >= 0.6 is 0 Å². The van der Waals surface area contributed by atoms with Crippen molar-refractivity contribution in [3.05, 3.63) is 12.1 Å². The van der Waals surface area contributed by atoms with Gasteiger partial charge in [0, 0.05) is 13.1 Å². The molecule has 1 aromatic carbocycles. The van der Waals surface area contributed by atoms with E-state index in [1.54, 1.807) is 0 Å². The Balaban J connectivity index is 2.04. The highest BCUT2D eigenvalue weighted by molar-refractivity contribution is 5.95. The van der Waals surface area contributed by atoms with Gasteiger partial charge in [-0.3, -0.25) is 0 Å². The second-order valence-corrected chi connectivity index (χ2v) is 4.68. The fraction of sp³-hybridized carbons (Fsp3) is 0.500. The molecule has 1 heterocycles. The van der Waals surface area contributed by atoms with Crippen molar-refractivity contribution in [1.29, 1.82) is 0 Å². The van der Waals surface area contributed by atoms with Crippen molar-refractivity contribution in [3.8, 4) is 0 Å². The monoisotopic (exact) mass is 232 g/mol. The third kappa shape index (κ3) is 1.62. The Morgan fingerprint density at radius 1 is 1.24 bits per heavy atom. The lowest BCUT2D eigenvalue weighted by molar-refractivity contribution is 0.315. The van der Waals surface area contributed by atoms with E-state index in [0.717, 1.165) is 11.2 Å². The SMILES string of the molecule is CN(c1ccc(N)c2nonc12)C1CCCC1. The standard InChI is InChI=1S/C12H16N4O/c1-16(8-4-2-3-5-8)10-7-6-9(13)11-12(10)15-17-14-11/h6-8H,2-5,13H2,1H3. The van der Waals surface area contributed by atoms with Crippen molar-refractivity contribution in [2.24, 2.45) is 0 Å². The van der Waals surface area contributed by atoms with Gasteiger partial charge in [0.2, 0.25) is 0 Å². The smallest absolute Gasteiger partial charge is 0.160 e. The molecule has 5 nitrogen and oxygen atoms in total. The molecule has 5 heteroatoms. The van der Waals surface area contributed by atoms with Crippen LogP contribution in [0.2, 0.25) is 0 Å². The van der Waals surface area contributed by atoms with E-state index in [0.29, 0.717) is 17.2 Å². The number of nitrogens with two attached hydrogens (primary N) is 1. The molecule has 0 aliphatic heterocycles. The molecule has 1 aliphatic rings. The minimum Gasteiger partial charge on any atom is -0.397 e. The largest absolute Gasteiger partial charge is 0.397 e. The van der Waals surface area contributed by atoms with Gasteiger partial charge in [-0.2, -0.15) is 0 Å². The first-order chi connectivity index (χ1) is 8.27. The summed E-state index contributed by atoms with van der Waals surface area (Å²) in [7, 11) is 2.11. The second kappa shape index (κ2) is 3.91. The Labute approximate surface area is 99.5 Å². The molecule has 17 heavy (non-hydrogen) atoms. The summed E-state index contributed by atoms with van der Waals surface area (Å²) in [6.07, 6.45) is 5.11. The molecule has 2 aromatic rings. The Hall–Kier alpha value is -1.78. The number of rotatable bonds is 2. The van der Waals surface area contributed by atoms with E-state index in [9.17, 15) is 0 Å². The third-order valence-electron chi connectivity index (χ3n) is 3.68. The number of nitrogen functional groups attached to an aromatic ring is 1. The van der Waals surface area contributed by atoms with Gasteiger partial charge in [-0.15, -0.1) is 0 Å². The molecular formula is C12H16N4O. The highest BCUT2D eigenvalue weighted by Crippen LogP contribution is 2.32. The number of fused-ring (bicyclic) bond motifs is 1. The van der Waals surface area contributed by atoms with Gasteiger partial charge in [-0.05, 0) is 35.3 Å². The quantitative estimate of drug-likeness (QED) is 0.804. The minimum atomic E-state index is 0.596. The number of benzene rings is 1. The Bertz CT molecular complexity index is 530. The van der Waals surface area contributed by atoms with Crippen LogP contribution in [0.3, 0.4) is 0 Å². The van der Waals surface area contributed by atoms with Gasteiger partial charge < -0.3 is 10.6 Å². The highest BCUT2D eigenvalue weighted by atomic mass is 16.6. The molecule has 0 atom stereocenters. The van der Waals surface area contributed by atoms with E-state index in [2.05, 4.69) is 22.3 Å². The molecule has 0 spiro atoms. The van der Waals surface area contributed by atoms with Crippen LogP contribution in [0.5, 0.6) is 0 Å². The fourth-order valence-corrected chi connectivity index (χ4v) is 2.65. The molecule has 2 N–H and O–H groups in total. The maximum Gasteiger partial charge on any atom is 0.160 e. The van der Waals surface area contributed by atoms with Crippen LogP contribution in [-0.2, 0) is 0 Å². The van der Waals surface area contributed by atoms with Gasteiger partial charge in [0.1, 0.15) is 0 Å². The summed E-state index contributed by atoms with van der Waals surface area (Å²) in [6, 6.07) is 4.46. The predicted molar refractivity (Wildman–Crippen MR) is 66.9 cm³/mol. The van der Waals surface area contributed by atoms with Gasteiger partial charge in [-0.1, -0.05) is 12.8 Å². The lowest BCUT2D eigenvalue weighted by Gasteiger charge is -2.26. The second-order valence-electron chi connectivity index (χ2n) is 4.68. The van der Waals surface area contributed by atoms with Crippen LogP contribution in [0.15, 0.2) is 16.8 Å². The summed E-state index contributed by atoms with van der Waals surface area (Å²) in [6.45, 7) is 0. The molecule has 0 amide bonds. The number of aromatic nitrogens is 2. The van der Waals surface area contributed by atoms with Gasteiger partial charge in [0.25, 0.3) is 0 Å². The molecule has 1 saturated carbocycles. The van der Waals surface area contributed by atoms with E-state index in [4.69, 9.17) is 10.4 Å². The van der Waals surface area contributed by atoms with Crippen molar-refractivity contribution in [1.82, 2.24) is 10.3 Å². The van der Waals surface area contributed by atoms with Crippen molar-refractivity contribution in [3.63, 3.8) is 0 Å². The van der Waals surface area contributed by atoms with Crippen LogP contribution in [0.25, 0.3) is 11.0 Å². The molecule has 0 unspecified atom stereocenters. The Kier molecular flexibility index (Phi) is 2.39. The van der Waals surface area contributed by atoms with Crippen molar-refractivity contribution in [2.75, 3.05) is 17.7 Å². The number of anilines is 2. The molecule has 3 rings (SSSR count). The van der Waals surface area contributed by atoms with Gasteiger partial charge in [0.05, 0.1) is 11.4 Å². The van der Waals surface area contributed by atoms with E-state index >= 15 is 0 Å². The average Bonchev–Trinajstić information content (AvgIpc) is 3.00. The van der Waals surface area contributed by atoms with E-state index in [-0.39, 0.29) is 0 Å². The summed E-state index contributed by atoms with van der Waals surface area (Å²) in [5, 5.41) is 7.81. The van der Waals surface area contributed by atoms with Crippen molar-refractivity contribution in [2.45, 2.75) is 31.7 Å². The maximum atomic E-state index is 5.84. The first-order valence-corrected chi connectivity index (χ1v) is 6.01. The predicted octanol–water partition coefficient (Wildman–Crippen LogP) is 2.18. The number of hydrogen-bond donors (Lipinski definition) is 1. The van der Waals surface area contributed by atoms with Gasteiger partial charge in [-0.25, -0.2) is 4.63 Å². The molecule has 0 saturated heterocycles. The molecule has 1 fully saturated rings. The average molecular weight is 232 g/mol. The van der Waals surface area contributed by atoms with E-state index < -0.39 is 0 Å². The number of hydrogen-bond acceptors (Lipinski definition) is 5. The fourth-order valence-electron chi connectivity index (χ4n) is 2.65. The van der Waals surface area contributed by atoms with Crippen LogP contribution in [0.4, 0.5) is 11.4 Å². The van der Waals surface area contributed by atoms with Crippen LogP contribution in [0, 0.1) is 0 Å².